The first-order chi connectivity index (χ1) is 5.87. The molecule has 1 nitrogen and oxygen atoms in total. The van der Waals surface area contributed by atoms with Gasteiger partial charge < -0.3 is 4.74 Å². The van der Waals surface area contributed by atoms with E-state index in [9.17, 15) is 0 Å². The zero-order valence-electron chi connectivity index (χ0n) is 9.56. The molecule has 0 aliphatic rings. The molecule has 13 heavy (non-hydrogen) atoms. The summed E-state index contributed by atoms with van der Waals surface area (Å²) in [5, 5.41) is 0. The van der Waals surface area contributed by atoms with Crippen LogP contribution in [0.25, 0.3) is 0 Å². The minimum Gasteiger partial charge on any atom is -0.376 e. The molecule has 0 aliphatic carbocycles. The Kier molecular flexibility index (Phi) is 6.23. The molecule has 0 saturated carbocycles. The van der Waals surface area contributed by atoms with Gasteiger partial charge in [-0.3, -0.25) is 0 Å². The lowest BCUT2D eigenvalue weighted by atomic mass is 10.00. The van der Waals surface area contributed by atoms with Crippen LogP contribution in [0, 0.1) is 5.92 Å². The number of hydrogen-bond acceptors (Lipinski definition) is 1. The molecule has 0 amide bonds. The largest absolute Gasteiger partial charge is 0.376 e. The third kappa shape index (κ3) is 7.51. The minimum atomic E-state index is 0.00778. The topological polar surface area (TPSA) is 9.23 Å². The first-order valence-electron chi connectivity index (χ1n) is 5.15. The van der Waals surface area contributed by atoms with Gasteiger partial charge in [-0.1, -0.05) is 36.2 Å². The predicted octanol–water partition coefficient (Wildman–Crippen LogP) is 4.00. The maximum atomic E-state index is 5.69. The van der Waals surface area contributed by atoms with Gasteiger partial charge in [0.1, 0.15) is 0 Å². The molecule has 0 aliphatic heterocycles. The summed E-state index contributed by atoms with van der Waals surface area (Å²) in [7, 11) is 0. The van der Waals surface area contributed by atoms with Crippen molar-refractivity contribution in [3.05, 3.63) is 0 Å². The molecular formula is C11H23BrO. The Labute approximate surface area is 91.4 Å². The van der Waals surface area contributed by atoms with Gasteiger partial charge in [0, 0.05) is 11.4 Å². The average molecular weight is 251 g/mol. The van der Waals surface area contributed by atoms with Gasteiger partial charge in [-0.05, 0) is 33.1 Å². The van der Waals surface area contributed by atoms with Crippen molar-refractivity contribution >= 4 is 15.9 Å². The molecule has 0 heterocycles. The maximum Gasteiger partial charge on any atom is 0.0598 e. The van der Waals surface area contributed by atoms with E-state index in [1.807, 2.05) is 0 Å². The monoisotopic (exact) mass is 250 g/mol. The summed E-state index contributed by atoms with van der Waals surface area (Å²) in [5.74, 6) is 0.738. The second kappa shape index (κ2) is 6.02. The third-order valence-corrected chi connectivity index (χ3v) is 2.95. The Morgan fingerprint density at radius 3 is 2.15 bits per heavy atom. The molecule has 0 aromatic carbocycles. The summed E-state index contributed by atoms with van der Waals surface area (Å²) in [6.07, 6.45) is 2.38. The Morgan fingerprint density at radius 1 is 1.31 bits per heavy atom. The van der Waals surface area contributed by atoms with Gasteiger partial charge >= 0.3 is 0 Å². The molecule has 2 atom stereocenters. The molecule has 0 N–H and O–H groups in total. The van der Waals surface area contributed by atoms with Crippen molar-refractivity contribution in [2.24, 2.45) is 5.92 Å². The van der Waals surface area contributed by atoms with E-state index < -0.39 is 0 Å². The third-order valence-electron chi connectivity index (χ3n) is 2.20. The van der Waals surface area contributed by atoms with Crippen molar-refractivity contribution in [3.8, 4) is 0 Å². The van der Waals surface area contributed by atoms with Gasteiger partial charge in [0.2, 0.25) is 0 Å². The van der Waals surface area contributed by atoms with Crippen LogP contribution in [0.15, 0.2) is 0 Å². The van der Waals surface area contributed by atoms with Crippen LogP contribution in [-0.4, -0.2) is 17.0 Å². The Balaban J connectivity index is 3.62. The van der Waals surface area contributed by atoms with E-state index >= 15 is 0 Å². The highest BCUT2D eigenvalue weighted by Crippen LogP contribution is 2.20. The molecule has 2 heteroatoms. The standard InChI is InChI=1S/C11H23BrO/c1-6-10(9(2)12)7-8-13-11(3,4)5/h9-10H,6-8H2,1-5H3. The molecule has 0 bridgehead atoms. The maximum absolute atomic E-state index is 5.69. The summed E-state index contributed by atoms with van der Waals surface area (Å²) < 4.78 is 5.69. The lowest BCUT2D eigenvalue weighted by Gasteiger charge is -2.23. The molecule has 0 spiro atoms. The van der Waals surface area contributed by atoms with Crippen LogP contribution in [0.3, 0.4) is 0 Å². The number of alkyl halides is 1. The molecule has 0 aromatic heterocycles. The Morgan fingerprint density at radius 2 is 1.85 bits per heavy atom. The second-order valence-electron chi connectivity index (χ2n) is 4.60. The molecule has 0 fully saturated rings. The van der Waals surface area contributed by atoms with Crippen molar-refractivity contribution in [1.29, 1.82) is 0 Å². The van der Waals surface area contributed by atoms with Gasteiger partial charge in [-0.15, -0.1) is 0 Å². The van der Waals surface area contributed by atoms with Crippen LogP contribution < -0.4 is 0 Å². The fraction of sp³-hybridized carbons (Fsp3) is 1.00. The molecule has 80 valence electrons. The van der Waals surface area contributed by atoms with Crippen molar-refractivity contribution in [2.45, 2.75) is 57.9 Å². The Bertz CT molecular complexity index is 127. The first kappa shape index (κ1) is 13.4. The van der Waals surface area contributed by atoms with Gasteiger partial charge in [0.25, 0.3) is 0 Å². The van der Waals surface area contributed by atoms with Crippen LogP contribution in [-0.2, 0) is 4.74 Å². The van der Waals surface area contributed by atoms with E-state index in [-0.39, 0.29) is 5.60 Å². The first-order valence-corrected chi connectivity index (χ1v) is 6.06. The molecule has 0 aromatic rings. The van der Waals surface area contributed by atoms with E-state index in [1.165, 1.54) is 6.42 Å². The van der Waals surface area contributed by atoms with Crippen LogP contribution in [0.4, 0.5) is 0 Å². The van der Waals surface area contributed by atoms with Gasteiger partial charge in [-0.2, -0.15) is 0 Å². The van der Waals surface area contributed by atoms with Gasteiger partial charge in [-0.25, -0.2) is 0 Å². The van der Waals surface area contributed by atoms with Crippen LogP contribution in [0.5, 0.6) is 0 Å². The van der Waals surface area contributed by atoms with Crippen molar-refractivity contribution in [1.82, 2.24) is 0 Å². The average Bonchev–Trinajstić information content (AvgIpc) is 1.95. The number of hydrogen-bond donors (Lipinski definition) is 0. The summed E-state index contributed by atoms with van der Waals surface area (Å²) in [6.45, 7) is 11.6. The van der Waals surface area contributed by atoms with E-state index in [2.05, 4.69) is 50.5 Å². The van der Waals surface area contributed by atoms with E-state index in [0.29, 0.717) is 4.83 Å². The number of ether oxygens (including phenoxy) is 1. The highest BCUT2D eigenvalue weighted by Gasteiger charge is 2.15. The highest BCUT2D eigenvalue weighted by atomic mass is 79.9. The smallest absolute Gasteiger partial charge is 0.0598 e. The van der Waals surface area contributed by atoms with Gasteiger partial charge in [0.05, 0.1) is 5.60 Å². The highest BCUT2D eigenvalue weighted by molar-refractivity contribution is 9.09. The number of halogens is 1. The SMILES string of the molecule is CCC(CCOC(C)(C)C)C(C)Br. The lowest BCUT2D eigenvalue weighted by molar-refractivity contribution is -0.00927. The summed E-state index contributed by atoms with van der Waals surface area (Å²) >= 11 is 3.63. The summed E-state index contributed by atoms with van der Waals surface area (Å²) in [4.78, 5) is 0.598. The summed E-state index contributed by atoms with van der Waals surface area (Å²) in [5.41, 5.74) is 0.00778. The van der Waals surface area contributed by atoms with E-state index in [0.717, 1.165) is 18.9 Å². The fourth-order valence-electron chi connectivity index (χ4n) is 1.28. The van der Waals surface area contributed by atoms with Crippen molar-refractivity contribution in [2.75, 3.05) is 6.61 Å². The zero-order valence-corrected chi connectivity index (χ0v) is 11.1. The van der Waals surface area contributed by atoms with E-state index in [4.69, 9.17) is 4.74 Å². The van der Waals surface area contributed by atoms with Crippen molar-refractivity contribution in [3.63, 3.8) is 0 Å². The second-order valence-corrected chi connectivity index (χ2v) is 6.04. The Hall–Kier alpha value is 0.440. The zero-order chi connectivity index (χ0) is 10.5. The van der Waals surface area contributed by atoms with Crippen LogP contribution >= 0.6 is 15.9 Å². The quantitative estimate of drug-likeness (QED) is 0.671. The lowest BCUT2D eigenvalue weighted by Crippen LogP contribution is -2.22. The molecule has 0 rings (SSSR count). The van der Waals surface area contributed by atoms with Crippen LogP contribution in [0.2, 0.25) is 0 Å². The summed E-state index contributed by atoms with van der Waals surface area (Å²) in [6, 6.07) is 0. The molecular weight excluding hydrogens is 228 g/mol. The predicted molar refractivity (Wildman–Crippen MR) is 62.5 cm³/mol. The van der Waals surface area contributed by atoms with E-state index in [1.54, 1.807) is 0 Å². The molecule has 0 saturated heterocycles. The van der Waals surface area contributed by atoms with Crippen molar-refractivity contribution < 1.29 is 4.74 Å². The fourth-order valence-corrected chi connectivity index (χ4v) is 1.91. The normalized spacial score (nSPS) is 17.1. The van der Waals surface area contributed by atoms with Crippen LogP contribution in [0.1, 0.15) is 47.5 Å². The minimum absolute atomic E-state index is 0.00778. The molecule has 0 radical (unpaired) electrons. The molecule has 2 unspecified atom stereocenters. The van der Waals surface area contributed by atoms with Gasteiger partial charge in [0.15, 0.2) is 0 Å². The number of rotatable bonds is 5.